The fraction of sp³-hybridized carbons (Fsp3) is 0.455. The Balaban J connectivity index is 1.71. The second kappa shape index (κ2) is 5.60. The summed E-state index contributed by atoms with van der Waals surface area (Å²) in [7, 11) is 0. The summed E-state index contributed by atoms with van der Waals surface area (Å²) in [6, 6.07) is 5.40. The molecular formula is C11H16N4O2. The zero-order valence-electron chi connectivity index (χ0n) is 9.47. The molecule has 0 spiro atoms. The minimum absolute atomic E-state index is 0.134. The van der Waals surface area contributed by atoms with Gasteiger partial charge in [-0.05, 0) is 18.6 Å². The summed E-state index contributed by atoms with van der Waals surface area (Å²) >= 11 is 0. The number of aliphatic hydroxyl groups excluding tert-OH is 1. The van der Waals surface area contributed by atoms with Crippen LogP contribution in [0, 0.1) is 0 Å². The average Bonchev–Trinajstić information content (AvgIpc) is 2.73. The summed E-state index contributed by atoms with van der Waals surface area (Å²) in [5, 5.41) is 9.32. The van der Waals surface area contributed by atoms with E-state index in [9.17, 15) is 9.90 Å². The number of hydrogen-bond acceptors (Lipinski definition) is 5. The summed E-state index contributed by atoms with van der Waals surface area (Å²) in [6.07, 6.45) is 2.08. The molecule has 1 aromatic heterocycles. The van der Waals surface area contributed by atoms with Gasteiger partial charge in [-0.3, -0.25) is 20.5 Å². The van der Waals surface area contributed by atoms with E-state index in [1.54, 1.807) is 18.3 Å². The van der Waals surface area contributed by atoms with Gasteiger partial charge in [0.25, 0.3) is 5.91 Å². The number of pyridine rings is 1. The third-order valence-corrected chi connectivity index (χ3v) is 2.61. The number of aromatic nitrogens is 1. The maximum atomic E-state index is 11.6. The van der Waals surface area contributed by atoms with Gasteiger partial charge in [0.2, 0.25) is 0 Å². The van der Waals surface area contributed by atoms with E-state index in [1.165, 1.54) is 0 Å². The Morgan fingerprint density at radius 3 is 3.12 bits per heavy atom. The molecular weight excluding hydrogens is 220 g/mol. The molecule has 0 aromatic carbocycles. The number of β-amino-alcohol motifs (C(OH)–C–C–N with tert-alkyl or cyclic N) is 1. The number of nitrogens with one attached hydrogen (secondary N) is 2. The first-order chi connectivity index (χ1) is 8.24. The van der Waals surface area contributed by atoms with Gasteiger partial charge in [0.05, 0.1) is 12.6 Å². The van der Waals surface area contributed by atoms with Crippen LogP contribution in [0.1, 0.15) is 6.42 Å². The maximum Gasteiger partial charge on any atom is 0.252 e. The van der Waals surface area contributed by atoms with Crippen LogP contribution in [0.15, 0.2) is 24.4 Å². The van der Waals surface area contributed by atoms with Crippen molar-refractivity contribution in [2.75, 3.05) is 25.1 Å². The van der Waals surface area contributed by atoms with Crippen LogP contribution in [-0.2, 0) is 4.79 Å². The van der Waals surface area contributed by atoms with Crippen molar-refractivity contribution in [1.29, 1.82) is 0 Å². The van der Waals surface area contributed by atoms with E-state index < -0.39 is 0 Å². The van der Waals surface area contributed by atoms with Gasteiger partial charge in [0, 0.05) is 19.3 Å². The molecule has 3 N–H and O–H groups in total. The van der Waals surface area contributed by atoms with Crippen LogP contribution in [0.3, 0.4) is 0 Å². The number of anilines is 1. The normalized spacial score (nSPS) is 20.2. The Morgan fingerprint density at radius 1 is 1.59 bits per heavy atom. The Bertz CT molecular complexity index is 371. The number of amides is 1. The van der Waals surface area contributed by atoms with Crippen LogP contribution in [0.5, 0.6) is 0 Å². The molecule has 0 bridgehead atoms. The van der Waals surface area contributed by atoms with Crippen molar-refractivity contribution in [2.24, 2.45) is 0 Å². The van der Waals surface area contributed by atoms with Gasteiger partial charge in [0.1, 0.15) is 5.82 Å². The lowest BCUT2D eigenvalue weighted by Crippen LogP contribution is -2.39. The van der Waals surface area contributed by atoms with Crippen LogP contribution in [0.25, 0.3) is 0 Å². The van der Waals surface area contributed by atoms with Crippen LogP contribution in [-0.4, -0.2) is 46.6 Å². The minimum atomic E-state index is -0.299. The molecule has 2 rings (SSSR count). The first-order valence-corrected chi connectivity index (χ1v) is 5.60. The van der Waals surface area contributed by atoms with Crippen molar-refractivity contribution in [3.05, 3.63) is 24.4 Å². The highest BCUT2D eigenvalue weighted by molar-refractivity contribution is 5.79. The van der Waals surface area contributed by atoms with E-state index in [0.29, 0.717) is 12.4 Å². The van der Waals surface area contributed by atoms with Gasteiger partial charge in [-0.25, -0.2) is 4.98 Å². The van der Waals surface area contributed by atoms with Gasteiger partial charge in [-0.1, -0.05) is 6.07 Å². The molecule has 0 unspecified atom stereocenters. The molecule has 0 saturated carbocycles. The molecule has 0 aliphatic carbocycles. The van der Waals surface area contributed by atoms with Crippen molar-refractivity contribution < 1.29 is 9.90 Å². The molecule has 1 aliphatic rings. The molecule has 1 aromatic rings. The standard InChI is InChI=1S/C11H16N4O2/c16-9-4-6-15(7-9)8-11(17)14-13-10-3-1-2-5-12-10/h1-3,5,9,16H,4,6-8H2,(H,12,13)(H,14,17)/t9-/m0/s1. The van der Waals surface area contributed by atoms with Crippen LogP contribution < -0.4 is 10.9 Å². The van der Waals surface area contributed by atoms with Gasteiger partial charge in [-0.2, -0.15) is 0 Å². The first-order valence-electron chi connectivity index (χ1n) is 5.60. The quantitative estimate of drug-likeness (QED) is 0.620. The zero-order chi connectivity index (χ0) is 12.1. The molecule has 0 radical (unpaired) electrons. The number of carbonyl (C=O) groups is 1. The molecule has 2 heterocycles. The third kappa shape index (κ3) is 3.69. The maximum absolute atomic E-state index is 11.6. The Hall–Kier alpha value is -1.66. The molecule has 92 valence electrons. The van der Waals surface area contributed by atoms with Crippen LogP contribution >= 0.6 is 0 Å². The second-order valence-electron chi connectivity index (χ2n) is 4.07. The molecule has 1 atom stereocenters. The van der Waals surface area contributed by atoms with Crippen molar-refractivity contribution in [3.8, 4) is 0 Å². The highest BCUT2D eigenvalue weighted by Crippen LogP contribution is 2.07. The fourth-order valence-electron chi connectivity index (χ4n) is 1.77. The van der Waals surface area contributed by atoms with Gasteiger partial charge in [-0.15, -0.1) is 0 Å². The molecule has 6 nitrogen and oxygen atoms in total. The molecule has 6 heteroatoms. The molecule has 1 saturated heterocycles. The van der Waals surface area contributed by atoms with Crippen LogP contribution in [0.2, 0.25) is 0 Å². The predicted molar refractivity (Wildman–Crippen MR) is 63.1 cm³/mol. The van der Waals surface area contributed by atoms with E-state index in [2.05, 4.69) is 15.8 Å². The summed E-state index contributed by atoms with van der Waals surface area (Å²) in [4.78, 5) is 17.5. The highest BCUT2D eigenvalue weighted by atomic mass is 16.3. The summed E-state index contributed by atoms with van der Waals surface area (Å²) in [5.41, 5.74) is 5.30. The number of nitrogens with zero attached hydrogens (tertiary/aromatic N) is 2. The number of aliphatic hydroxyl groups is 1. The lowest BCUT2D eigenvalue weighted by molar-refractivity contribution is -0.121. The SMILES string of the molecule is O=C(CN1CC[C@H](O)C1)NNc1ccccn1. The average molecular weight is 236 g/mol. The number of rotatable bonds is 4. The van der Waals surface area contributed by atoms with Crippen molar-refractivity contribution in [1.82, 2.24) is 15.3 Å². The number of hydrogen-bond donors (Lipinski definition) is 3. The Labute approximate surface area is 99.6 Å². The Morgan fingerprint density at radius 2 is 2.47 bits per heavy atom. The van der Waals surface area contributed by atoms with E-state index >= 15 is 0 Å². The largest absolute Gasteiger partial charge is 0.392 e. The fourth-order valence-corrected chi connectivity index (χ4v) is 1.77. The van der Waals surface area contributed by atoms with E-state index in [-0.39, 0.29) is 18.6 Å². The van der Waals surface area contributed by atoms with Crippen molar-refractivity contribution in [2.45, 2.75) is 12.5 Å². The van der Waals surface area contributed by atoms with Gasteiger partial charge < -0.3 is 5.11 Å². The number of likely N-dealkylation sites (tertiary alicyclic amines) is 1. The zero-order valence-corrected chi connectivity index (χ0v) is 9.47. The first kappa shape index (κ1) is 11.8. The summed E-state index contributed by atoms with van der Waals surface area (Å²) in [5.74, 6) is 0.465. The monoisotopic (exact) mass is 236 g/mol. The smallest absolute Gasteiger partial charge is 0.252 e. The number of carbonyl (C=O) groups excluding carboxylic acids is 1. The van der Waals surface area contributed by atoms with Gasteiger partial charge in [0.15, 0.2) is 0 Å². The summed E-state index contributed by atoms with van der Waals surface area (Å²) < 4.78 is 0. The molecule has 17 heavy (non-hydrogen) atoms. The predicted octanol–water partition coefficient (Wildman–Crippen LogP) is -0.409. The van der Waals surface area contributed by atoms with Gasteiger partial charge >= 0.3 is 0 Å². The topological polar surface area (TPSA) is 77.5 Å². The summed E-state index contributed by atoms with van der Waals surface area (Å²) in [6.45, 7) is 1.62. The lowest BCUT2D eigenvalue weighted by Gasteiger charge is -2.14. The third-order valence-electron chi connectivity index (χ3n) is 2.61. The Kier molecular flexibility index (Phi) is 3.89. The van der Waals surface area contributed by atoms with Crippen molar-refractivity contribution >= 4 is 11.7 Å². The highest BCUT2D eigenvalue weighted by Gasteiger charge is 2.21. The van der Waals surface area contributed by atoms with Crippen LogP contribution in [0.4, 0.5) is 5.82 Å². The van der Waals surface area contributed by atoms with E-state index in [4.69, 9.17) is 0 Å². The lowest BCUT2D eigenvalue weighted by atomic mass is 10.3. The molecule has 1 fully saturated rings. The molecule has 1 amide bonds. The number of hydrazine groups is 1. The second-order valence-corrected chi connectivity index (χ2v) is 4.07. The van der Waals surface area contributed by atoms with Crippen molar-refractivity contribution in [3.63, 3.8) is 0 Å². The minimum Gasteiger partial charge on any atom is -0.392 e. The molecule has 1 aliphatic heterocycles. The van der Waals surface area contributed by atoms with E-state index in [1.807, 2.05) is 11.0 Å². The van der Waals surface area contributed by atoms with E-state index in [0.717, 1.165) is 13.0 Å².